The molecule has 0 saturated carbocycles. The Morgan fingerprint density at radius 2 is 2.05 bits per heavy atom. The number of fused-ring (bicyclic) bond motifs is 1. The molecule has 1 heterocycles. The molecule has 0 fully saturated rings. The molecular formula is C16H20O4. The molecule has 0 saturated heterocycles. The van der Waals surface area contributed by atoms with E-state index >= 15 is 0 Å². The van der Waals surface area contributed by atoms with Crippen LogP contribution in [0.15, 0.2) is 33.5 Å². The topological polar surface area (TPSA) is 59.7 Å². The fraction of sp³-hybridized carbons (Fsp3) is 0.438. The van der Waals surface area contributed by atoms with Crippen molar-refractivity contribution in [1.82, 2.24) is 0 Å². The van der Waals surface area contributed by atoms with Crippen molar-refractivity contribution in [2.75, 3.05) is 0 Å². The summed E-state index contributed by atoms with van der Waals surface area (Å²) in [5.41, 5.74) is 0.685. The monoisotopic (exact) mass is 276 g/mol. The van der Waals surface area contributed by atoms with E-state index in [2.05, 4.69) is 6.92 Å². The number of ether oxygens (including phenoxy) is 1. The predicted octanol–water partition coefficient (Wildman–Crippen LogP) is 3.38. The van der Waals surface area contributed by atoms with Gasteiger partial charge < -0.3 is 14.3 Å². The van der Waals surface area contributed by atoms with E-state index in [1.807, 2.05) is 18.2 Å². The van der Waals surface area contributed by atoms with Gasteiger partial charge in [-0.1, -0.05) is 38.0 Å². The third kappa shape index (κ3) is 3.20. The van der Waals surface area contributed by atoms with Crippen LogP contribution in [0.1, 0.15) is 38.2 Å². The molecule has 1 unspecified atom stereocenters. The Morgan fingerprint density at radius 1 is 1.30 bits per heavy atom. The van der Waals surface area contributed by atoms with Crippen LogP contribution in [0.4, 0.5) is 0 Å². The number of unbranched alkanes of at least 4 members (excludes halogenated alkanes) is 2. The molecule has 2 rings (SSSR count). The molecule has 108 valence electrons. The number of aliphatic hydroxyl groups is 1. The molecule has 2 aromatic rings. The second-order valence-corrected chi connectivity index (χ2v) is 4.91. The highest BCUT2D eigenvalue weighted by atomic mass is 16.6. The maximum Gasteiger partial charge on any atom is 0.379 e. The summed E-state index contributed by atoms with van der Waals surface area (Å²) in [6, 6.07) is 7.29. The third-order valence-electron chi connectivity index (χ3n) is 3.33. The molecule has 4 nitrogen and oxygen atoms in total. The number of benzene rings is 1. The molecule has 1 aromatic carbocycles. The Morgan fingerprint density at radius 3 is 2.80 bits per heavy atom. The molecule has 0 aliphatic carbocycles. The second-order valence-electron chi connectivity index (χ2n) is 4.91. The van der Waals surface area contributed by atoms with Gasteiger partial charge in [-0.15, -0.1) is 0 Å². The molecule has 0 aliphatic rings. The highest BCUT2D eigenvalue weighted by Crippen LogP contribution is 2.24. The summed E-state index contributed by atoms with van der Waals surface area (Å²) >= 11 is 0. The van der Waals surface area contributed by atoms with Crippen LogP contribution in [0.5, 0.6) is 5.75 Å². The summed E-state index contributed by atoms with van der Waals surface area (Å²) in [6.07, 6.45) is 2.52. The highest BCUT2D eigenvalue weighted by Gasteiger charge is 2.15. The summed E-state index contributed by atoms with van der Waals surface area (Å²) < 4.78 is 10.6. The van der Waals surface area contributed by atoms with E-state index in [4.69, 9.17) is 9.15 Å². The van der Waals surface area contributed by atoms with E-state index in [9.17, 15) is 9.90 Å². The number of rotatable bonds is 6. The first-order chi connectivity index (χ1) is 9.63. The van der Waals surface area contributed by atoms with E-state index in [1.54, 1.807) is 13.0 Å². The number of para-hydroxylation sites is 1. The zero-order valence-electron chi connectivity index (χ0n) is 11.9. The lowest BCUT2D eigenvalue weighted by Gasteiger charge is -2.14. The molecule has 1 aromatic heterocycles. The van der Waals surface area contributed by atoms with Crippen LogP contribution >= 0.6 is 0 Å². The van der Waals surface area contributed by atoms with Gasteiger partial charge in [-0.25, -0.2) is 4.79 Å². The van der Waals surface area contributed by atoms with Crippen molar-refractivity contribution < 1.29 is 14.3 Å². The van der Waals surface area contributed by atoms with E-state index in [-0.39, 0.29) is 5.75 Å². The normalized spacial score (nSPS) is 12.6. The Labute approximate surface area is 118 Å². The zero-order chi connectivity index (χ0) is 14.5. The number of hydrogen-bond donors (Lipinski definition) is 1. The van der Waals surface area contributed by atoms with Crippen LogP contribution < -0.4 is 10.4 Å². The quantitative estimate of drug-likeness (QED) is 0.499. The fourth-order valence-corrected chi connectivity index (χ4v) is 2.19. The minimum Gasteiger partial charge on any atom is -0.457 e. The molecule has 0 bridgehead atoms. The summed E-state index contributed by atoms with van der Waals surface area (Å²) in [6.45, 7) is 3.89. The van der Waals surface area contributed by atoms with Crippen LogP contribution in [0.3, 0.4) is 0 Å². The second kappa shape index (κ2) is 6.57. The molecular weight excluding hydrogens is 256 g/mol. The lowest BCUT2D eigenvalue weighted by Crippen LogP contribution is -2.20. The third-order valence-corrected chi connectivity index (χ3v) is 3.33. The van der Waals surface area contributed by atoms with Crippen molar-refractivity contribution >= 4 is 11.0 Å². The van der Waals surface area contributed by atoms with Gasteiger partial charge in [0.2, 0.25) is 5.75 Å². The zero-order valence-corrected chi connectivity index (χ0v) is 11.9. The first-order valence-electron chi connectivity index (χ1n) is 7.00. The van der Waals surface area contributed by atoms with Gasteiger partial charge in [0.1, 0.15) is 5.58 Å². The van der Waals surface area contributed by atoms with Crippen molar-refractivity contribution in [1.29, 1.82) is 0 Å². The van der Waals surface area contributed by atoms with Gasteiger partial charge in [-0.05, 0) is 19.4 Å². The molecule has 20 heavy (non-hydrogen) atoms. The van der Waals surface area contributed by atoms with Crippen molar-refractivity contribution in [3.8, 4) is 5.75 Å². The Hall–Kier alpha value is -1.81. The first kappa shape index (κ1) is 14.6. The minimum absolute atomic E-state index is 0.104. The van der Waals surface area contributed by atoms with Gasteiger partial charge in [0.25, 0.3) is 0 Å². The minimum atomic E-state index is -0.968. The average Bonchev–Trinajstić information content (AvgIpc) is 2.44. The summed E-state index contributed by atoms with van der Waals surface area (Å²) in [5.74, 6) is 0.104. The van der Waals surface area contributed by atoms with Crippen LogP contribution in [0.2, 0.25) is 0 Å². The van der Waals surface area contributed by atoms with Gasteiger partial charge >= 0.3 is 5.63 Å². The number of aliphatic hydroxyl groups excluding tert-OH is 1. The number of aryl methyl sites for hydroxylation is 1. The summed E-state index contributed by atoms with van der Waals surface area (Å²) in [4.78, 5) is 11.9. The molecule has 0 amide bonds. The largest absolute Gasteiger partial charge is 0.457 e. The predicted molar refractivity (Wildman–Crippen MR) is 78.0 cm³/mol. The smallest absolute Gasteiger partial charge is 0.379 e. The Balaban J connectivity index is 2.23. The molecule has 0 radical (unpaired) electrons. The van der Waals surface area contributed by atoms with Crippen molar-refractivity contribution in [3.05, 3.63) is 40.2 Å². The lowest BCUT2D eigenvalue weighted by molar-refractivity contribution is -0.0271. The van der Waals surface area contributed by atoms with Gasteiger partial charge in [0.15, 0.2) is 6.29 Å². The maximum absolute atomic E-state index is 11.9. The van der Waals surface area contributed by atoms with Crippen molar-refractivity contribution in [2.24, 2.45) is 0 Å². The van der Waals surface area contributed by atoms with E-state index in [0.717, 1.165) is 24.6 Å². The molecule has 4 heteroatoms. The van der Waals surface area contributed by atoms with Crippen molar-refractivity contribution in [2.45, 2.75) is 45.8 Å². The summed E-state index contributed by atoms with van der Waals surface area (Å²) in [7, 11) is 0. The van der Waals surface area contributed by atoms with Gasteiger partial charge in [-0.3, -0.25) is 0 Å². The van der Waals surface area contributed by atoms with Crippen molar-refractivity contribution in [3.63, 3.8) is 0 Å². The van der Waals surface area contributed by atoms with Crippen LogP contribution in [0, 0.1) is 6.92 Å². The molecule has 0 aliphatic heterocycles. The highest BCUT2D eigenvalue weighted by molar-refractivity contribution is 5.81. The fourth-order valence-electron chi connectivity index (χ4n) is 2.19. The Kier molecular flexibility index (Phi) is 4.79. The molecule has 1 atom stereocenters. The number of hydrogen-bond acceptors (Lipinski definition) is 4. The molecule has 0 spiro atoms. The maximum atomic E-state index is 11.9. The Bertz CT molecular complexity index is 630. The van der Waals surface area contributed by atoms with Crippen LogP contribution in [0.25, 0.3) is 11.0 Å². The SMILES string of the molecule is CCCCCC(O)Oc1c(C)c2ccccc2oc1=O. The van der Waals surface area contributed by atoms with Gasteiger partial charge in [0, 0.05) is 17.4 Å². The van der Waals surface area contributed by atoms with E-state index < -0.39 is 11.9 Å². The molecule has 1 N–H and O–H groups in total. The van der Waals surface area contributed by atoms with Crippen LogP contribution in [-0.4, -0.2) is 11.4 Å². The first-order valence-corrected chi connectivity index (χ1v) is 7.00. The van der Waals surface area contributed by atoms with Crippen LogP contribution in [-0.2, 0) is 0 Å². The standard InChI is InChI=1S/C16H20O4/c1-3-4-5-10-14(17)20-15-11(2)12-8-6-7-9-13(12)19-16(15)18/h6-9,14,17H,3-5,10H2,1-2H3. The lowest BCUT2D eigenvalue weighted by atomic mass is 10.1. The van der Waals surface area contributed by atoms with Gasteiger partial charge in [-0.2, -0.15) is 0 Å². The van der Waals surface area contributed by atoms with Gasteiger partial charge in [0.05, 0.1) is 0 Å². The van der Waals surface area contributed by atoms with E-state index in [1.165, 1.54) is 0 Å². The summed E-state index contributed by atoms with van der Waals surface area (Å²) in [5, 5.41) is 10.7. The average molecular weight is 276 g/mol. The van der Waals surface area contributed by atoms with E-state index in [0.29, 0.717) is 17.6 Å².